The Hall–Kier alpha value is -1.39. The zero-order valence-corrected chi connectivity index (χ0v) is 12.0. The second kappa shape index (κ2) is 5.94. The minimum Gasteiger partial charge on any atom is -0.386 e. The minimum absolute atomic E-state index is 0.481. The molecule has 4 nitrogen and oxygen atoms in total. The lowest BCUT2D eigenvalue weighted by Gasteiger charge is -2.10. The van der Waals surface area contributed by atoms with Crippen LogP contribution in [0.25, 0.3) is 0 Å². The zero-order valence-electron chi connectivity index (χ0n) is 11.2. The molecule has 0 aliphatic heterocycles. The van der Waals surface area contributed by atoms with Crippen molar-refractivity contribution in [3.05, 3.63) is 47.0 Å². The lowest BCUT2D eigenvalue weighted by atomic mass is 10.1. The minimum atomic E-state index is -0.640. The Morgan fingerprint density at radius 2 is 2.10 bits per heavy atom. The van der Waals surface area contributed by atoms with Crippen molar-refractivity contribution < 1.29 is 5.11 Å². The summed E-state index contributed by atoms with van der Waals surface area (Å²) < 4.78 is 2.05. The van der Waals surface area contributed by atoms with Crippen molar-refractivity contribution in [3.63, 3.8) is 0 Å². The van der Waals surface area contributed by atoms with Gasteiger partial charge in [0.1, 0.15) is 6.10 Å². The number of hydrogen-bond acceptors (Lipinski definition) is 3. The van der Waals surface area contributed by atoms with Crippen molar-refractivity contribution in [1.29, 1.82) is 0 Å². The van der Waals surface area contributed by atoms with Crippen molar-refractivity contribution in [2.24, 2.45) is 0 Å². The summed E-state index contributed by atoms with van der Waals surface area (Å²) in [7, 11) is 0. The number of aliphatic hydroxyl groups is 1. The Kier molecular flexibility index (Phi) is 4.03. The Labute approximate surface area is 123 Å². The van der Waals surface area contributed by atoms with Crippen LogP contribution < -0.4 is 0 Å². The van der Waals surface area contributed by atoms with Crippen LogP contribution in [0.3, 0.4) is 0 Å². The van der Waals surface area contributed by atoms with Gasteiger partial charge in [-0.1, -0.05) is 24.4 Å². The summed E-state index contributed by atoms with van der Waals surface area (Å²) >= 11 is 5.79. The van der Waals surface area contributed by atoms with Crippen LogP contribution >= 0.6 is 11.6 Å². The van der Waals surface area contributed by atoms with E-state index in [1.807, 2.05) is 16.9 Å². The molecular formula is C15H18ClN3O. The Balaban J connectivity index is 1.66. The number of halogens is 1. The predicted molar refractivity (Wildman–Crippen MR) is 77.6 cm³/mol. The smallest absolute Gasteiger partial charge is 0.102 e. The van der Waals surface area contributed by atoms with Gasteiger partial charge in [-0.25, -0.2) is 0 Å². The van der Waals surface area contributed by atoms with Gasteiger partial charge < -0.3 is 5.11 Å². The average Bonchev–Trinajstić information content (AvgIpc) is 3.09. The van der Waals surface area contributed by atoms with Crippen LogP contribution in [-0.4, -0.2) is 19.9 Å². The van der Waals surface area contributed by atoms with Crippen LogP contribution in [0.1, 0.15) is 49.2 Å². The van der Waals surface area contributed by atoms with Crippen molar-refractivity contribution in [2.75, 3.05) is 0 Å². The highest BCUT2D eigenvalue weighted by atomic mass is 35.5. The highest BCUT2D eigenvalue weighted by Crippen LogP contribution is 2.29. The summed E-state index contributed by atoms with van der Waals surface area (Å²) in [5.41, 5.74) is 1.53. The van der Waals surface area contributed by atoms with Gasteiger partial charge in [-0.3, -0.25) is 9.67 Å². The van der Waals surface area contributed by atoms with E-state index in [-0.39, 0.29) is 0 Å². The first-order valence-electron chi connectivity index (χ1n) is 7.06. The number of nitrogens with zero attached hydrogens (tertiary/aromatic N) is 3. The summed E-state index contributed by atoms with van der Waals surface area (Å²) in [4.78, 5) is 4.14. The Morgan fingerprint density at radius 1 is 1.30 bits per heavy atom. The Bertz CT molecular complexity index is 561. The van der Waals surface area contributed by atoms with E-state index in [2.05, 4.69) is 10.1 Å². The fraction of sp³-hybridized carbons (Fsp3) is 0.467. The van der Waals surface area contributed by atoms with Gasteiger partial charge in [0.05, 0.1) is 22.5 Å². The van der Waals surface area contributed by atoms with E-state index in [4.69, 9.17) is 11.6 Å². The van der Waals surface area contributed by atoms with Gasteiger partial charge in [-0.15, -0.1) is 0 Å². The van der Waals surface area contributed by atoms with Crippen LogP contribution in [-0.2, 0) is 6.42 Å². The number of rotatable bonds is 4. The van der Waals surface area contributed by atoms with Gasteiger partial charge >= 0.3 is 0 Å². The molecular weight excluding hydrogens is 274 g/mol. The van der Waals surface area contributed by atoms with Gasteiger partial charge in [-0.05, 0) is 31.0 Å². The first-order valence-corrected chi connectivity index (χ1v) is 7.44. The van der Waals surface area contributed by atoms with Gasteiger partial charge in [0, 0.05) is 18.8 Å². The normalized spacial score (nSPS) is 17.5. The van der Waals surface area contributed by atoms with Crippen LogP contribution in [0.15, 0.2) is 30.6 Å². The van der Waals surface area contributed by atoms with Crippen molar-refractivity contribution >= 4 is 11.6 Å². The second-order valence-corrected chi connectivity index (χ2v) is 5.78. The maximum Gasteiger partial charge on any atom is 0.102 e. The molecule has 1 N–H and O–H groups in total. The molecule has 1 aliphatic rings. The summed E-state index contributed by atoms with van der Waals surface area (Å²) in [6, 6.07) is 6.01. The van der Waals surface area contributed by atoms with Crippen LogP contribution in [0.2, 0.25) is 5.02 Å². The van der Waals surface area contributed by atoms with Crippen molar-refractivity contribution in [2.45, 2.75) is 44.2 Å². The fourth-order valence-corrected chi connectivity index (χ4v) is 2.86. The third-order valence-corrected chi connectivity index (χ3v) is 4.08. The second-order valence-electron chi connectivity index (χ2n) is 5.35. The standard InChI is InChI=1S/C15H18ClN3O/c16-11-5-6-14(17-10-11)15(20)9-12-7-8-19(18-12)13-3-1-2-4-13/h5-8,10,13,15,20H,1-4,9H2. The van der Waals surface area contributed by atoms with Gasteiger partial charge in [0.2, 0.25) is 0 Å². The molecule has 1 unspecified atom stereocenters. The molecule has 0 bridgehead atoms. The maximum absolute atomic E-state index is 10.2. The van der Waals surface area contributed by atoms with Crippen LogP contribution in [0.5, 0.6) is 0 Å². The van der Waals surface area contributed by atoms with Gasteiger partial charge in [0.15, 0.2) is 0 Å². The van der Waals surface area contributed by atoms with E-state index < -0.39 is 6.10 Å². The molecule has 2 heterocycles. The molecule has 2 aromatic heterocycles. The highest BCUT2D eigenvalue weighted by Gasteiger charge is 2.18. The number of aliphatic hydroxyl groups excluding tert-OH is 1. The topological polar surface area (TPSA) is 50.9 Å². The molecule has 0 spiro atoms. The first kappa shape index (κ1) is 13.6. The zero-order chi connectivity index (χ0) is 13.9. The summed E-state index contributed by atoms with van der Waals surface area (Å²) in [6.45, 7) is 0. The highest BCUT2D eigenvalue weighted by molar-refractivity contribution is 6.30. The molecule has 2 aromatic rings. The molecule has 1 fully saturated rings. The lowest BCUT2D eigenvalue weighted by Crippen LogP contribution is -2.08. The molecule has 3 rings (SSSR count). The SMILES string of the molecule is OC(Cc1ccn(C2CCCC2)n1)c1ccc(Cl)cn1. The average molecular weight is 292 g/mol. The van der Waals surface area contributed by atoms with Crippen LogP contribution in [0, 0.1) is 0 Å². The molecule has 5 heteroatoms. The summed E-state index contributed by atoms with van der Waals surface area (Å²) in [6.07, 6.45) is 8.41. The largest absolute Gasteiger partial charge is 0.386 e. The number of aromatic nitrogens is 3. The van der Waals surface area contributed by atoms with Crippen molar-refractivity contribution in [3.8, 4) is 0 Å². The van der Waals surface area contributed by atoms with E-state index in [0.717, 1.165) is 5.69 Å². The number of hydrogen-bond donors (Lipinski definition) is 1. The third-order valence-electron chi connectivity index (χ3n) is 3.86. The molecule has 0 amide bonds. The van der Waals surface area contributed by atoms with E-state index >= 15 is 0 Å². The first-order chi connectivity index (χ1) is 9.72. The third kappa shape index (κ3) is 3.02. The van der Waals surface area contributed by atoms with Crippen molar-refractivity contribution in [1.82, 2.24) is 14.8 Å². The molecule has 1 saturated carbocycles. The molecule has 20 heavy (non-hydrogen) atoms. The maximum atomic E-state index is 10.2. The van der Waals surface area contributed by atoms with E-state index in [1.165, 1.54) is 25.7 Å². The summed E-state index contributed by atoms with van der Waals surface area (Å²) in [5.74, 6) is 0. The summed E-state index contributed by atoms with van der Waals surface area (Å²) in [5, 5.41) is 15.3. The Morgan fingerprint density at radius 3 is 2.80 bits per heavy atom. The fourth-order valence-electron chi connectivity index (χ4n) is 2.75. The van der Waals surface area contributed by atoms with Crippen LogP contribution in [0.4, 0.5) is 0 Å². The van der Waals surface area contributed by atoms with Gasteiger partial charge in [0.25, 0.3) is 0 Å². The van der Waals surface area contributed by atoms with E-state index in [9.17, 15) is 5.11 Å². The molecule has 1 aliphatic carbocycles. The van der Waals surface area contributed by atoms with Gasteiger partial charge in [-0.2, -0.15) is 5.10 Å². The number of pyridine rings is 1. The monoisotopic (exact) mass is 291 g/mol. The molecule has 0 radical (unpaired) electrons. The quantitative estimate of drug-likeness (QED) is 0.940. The van der Waals surface area contributed by atoms with E-state index in [0.29, 0.717) is 23.2 Å². The molecule has 0 saturated heterocycles. The molecule has 1 atom stereocenters. The van der Waals surface area contributed by atoms with E-state index in [1.54, 1.807) is 18.3 Å². The molecule has 106 valence electrons. The molecule has 0 aromatic carbocycles. The predicted octanol–water partition coefficient (Wildman–Crippen LogP) is 3.32. The lowest BCUT2D eigenvalue weighted by molar-refractivity contribution is 0.172.